The molecule has 0 unspecified atom stereocenters. The van der Waals surface area contributed by atoms with E-state index >= 15 is 0 Å². The zero-order valence-corrected chi connectivity index (χ0v) is 13.2. The van der Waals surface area contributed by atoms with Crippen LogP contribution in [-0.2, 0) is 0 Å². The minimum absolute atomic E-state index is 0.164. The zero-order chi connectivity index (χ0) is 14.5. The predicted octanol–water partition coefficient (Wildman–Crippen LogP) is 3.92. The molecule has 0 fully saturated rings. The van der Waals surface area contributed by atoms with Crippen LogP contribution in [0, 0.1) is 24.7 Å². The number of pyridine rings is 1. The molecule has 0 radical (unpaired) electrons. The van der Waals surface area contributed by atoms with Crippen LogP contribution >= 0.6 is 11.8 Å². The smallest absolute Gasteiger partial charge is 0.0965 e. The van der Waals surface area contributed by atoms with E-state index in [4.69, 9.17) is 11.1 Å². The molecule has 3 N–H and O–H groups in total. The van der Waals surface area contributed by atoms with Crippen molar-refractivity contribution in [2.24, 2.45) is 11.1 Å². The number of aryl methyl sites for hydroxylation is 2. The Hall–Kier alpha value is -1.03. The number of thioether (sulfide) groups is 1. The zero-order valence-electron chi connectivity index (χ0n) is 12.4. The average molecular weight is 279 g/mol. The first kappa shape index (κ1) is 16.0. The first-order valence-corrected chi connectivity index (χ1v) is 7.72. The van der Waals surface area contributed by atoms with E-state index < -0.39 is 0 Å². The summed E-state index contributed by atoms with van der Waals surface area (Å²) in [7, 11) is 0. The fourth-order valence-electron chi connectivity index (χ4n) is 1.86. The van der Waals surface area contributed by atoms with Gasteiger partial charge in [-0.25, -0.2) is 4.98 Å². The van der Waals surface area contributed by atoms with E-state index in [1.54, 1.807) is 0 Å². The summed E-state index contributed by atoms with van der Waals surface area (Å²) in [5, 5.41) is 8.64. The summed E-state index contributed by atoms with van der Waals surface area (Å²) in [6.45, 7) is 8.21. The van der Waals surface area contributed by atoms with Gasteiger partial charge in [-0.3, -0.25) is 5.41 Å². The normalized spacial score (nSPS) is 11.6. The van der Waals surface area contributed by atoms with Gasteiger partial charge in [-0.1, -0.05) is 20.3 Å². The molecule has 0 amide bonds. The van der Waals surface area contributed by atoms with Crippen molar-refractivity contribution in [1.82, 2.24) is 4.98 Å². The van der Waals surface area contributed by atoms with Crippen LogP contribution < -0.4 is 5.73 Å². The molecule has 0 spiro atoms. The summed E-state index contributed by atoms with van der Waals surface area (Å²) in [6.07, 6.45) is 3.21. The lowest BCUT2D eigenvalue weighted by molar-refractivity contribution is 0.448. The van der Waals surface area contributed by atoms with Crippen molar-refractivity contribution in [3.63, 3.8) is 0 Å². The Balaban J connectivity index is 2.30. The van der Waals surface area contributed by atoms with Crippen LogP contribution in [0.1, 0.15) is 44.4 Å². The van der Waals surface area contributed by atoms with Crippen molar-refractivity contribution in [2.75, 3.05) is 5.75 Å². The maximum atomic E-state index is 7.52. The van der Waals surface area contributed by atoms with Gasteiger partial charge in [0.15, 0.2) is 0 Å². The summed E-state index contributed by atoms with van der Waals surface area (Å²) in [5.41, 5.74) is 7.77. The number of hydrogen-bond donors (Lipinski definition) is 2. The lowest BCUT2D eigenvalue weighted by atomic mass is 9.86. The molecule has 1 aromatic heterocycles. The van der Waals surface area contributed by atoms with Crippen molar-refractivity contribution in [1.29, 1.82) is 5.41 Å². The molecule has 0 aliphatic carbocycles. The van der Waals surface area contributed by atoms with E-state index in [1.165, 1.54) is 5.56 Å². The number of hydrogen-bond acceptors (Lipinski definition) is 3. The molecule has 1 heterocycles. The number of nitrogens with two attached hydrogens (primary N) is 1. The Morgan fingerprint density at radius 3 is 2.58 bits per heavy atom. The van der Waals surface area contributed by atoms with Gasteiger partial charge in [-0.2, -0.15) is 0 Å². The molecule has 0 bridgehead atoms. The lowest BCUT2D eigenvalue weighted by Gasteiger charge is -2.22. The molecular weight excluding hydrogens is 254 g/mol. The highest BCUT2D eigenvalue weighted by Crippen LogP contribution is 2.25. The maximum Gasteiger partial charge on any atom is 0.0965 e. The second kappa shape index (κ2) is 6.94. The highest BCUT2D eigenvalue weighted by molar-refractivity contribution is 7.99. The molecule has 0 atom stereocenters. The van der Waals surface area contributed by atoms with Crippen LogP contribution in [0.3, 0.4) is 0 Å². The lowest BCUT2D eigenvalue weighted by Crippen LogP contribution is -2.30. The van der Waals surface area contributed by atoms with Gasteiger partial charge in [0.05, 0.1) is 10.9 Å². The second-order valence-corrected chi connectivity index (χ2v) is 6.84. The van der Waals surface area contributed by atoms with Crippen molar-refractivity contribution in [2.45, 2.75) is 52.0 Å². The topological polar surface area (TPSA) is 62.8 Å². The number of rotatable bonds is 7. The van der Waals surface area contributed by atoms with Crippen molar-refractivity contribution < 1.29 is 0 Å². The maximum absolute atomic E-state index is 7.52. The first-order chi connectivity index (χ1) is 8.81. The van der Waals surface area contributed by atoms with Crippen LogP contribution in [0.15, 0.2) is 17.2 Å². The fourth-order valence-corrected chi connectivity index (χ4v) is 2.89. The van der Waals surface area contributed by atoms with Crippen molar-refractivity contribution in [3.05, 3.63) is 23.4 Å². The summed E-state index contributed by atoms with van der Waals surface area (Å²) in [6, 6.07) is 4.23. The third kappa shape index (κ3) is 5.64. The molecule has 0 saturated heterocycles. The molecule has 106 valence electrons. The molecular formula is C15H25N3S. The Bertz CT molecular complexity index is 421. The van der Waals surface area contributed by atoms with Gasteiger partial charge in [-0.05, 0) is 50.1 Å². The Kier molecular flexibility index (Phi) is 5.85. The summed E-state index contributed by atoms with van der Waals surface area (Å²) in [5.74, 6) is 1.36. The number of aromatic nitrogens is 1. The average Bonchev–Trinajstić information content (AvgIpc) is 2.26. The van der Waals surface area contributed by atoms with Gasteiger partial charge >= 0.3 is 0 Å². The van der Waals surface area contributed by atoms with Crippen LogP contribution in [0.2, 0.25) is 0 Å². The minimum Gasteiger partial charge on any atom is -0.387 e. The van der Waals surface area contributed by atoms with E-state index in [1.807, 2.05) is 32.5 Å². The summed E-state index contributed by atoms with van der Waals surface area (Å²) < 4.78 is 0. The van der Waals surface area contributed by atoms with Gasteiger partial charge < -0.3 is 5.73 Å². The second-order valence-electron chi connectivity index (χ2n) is 5.73. The Morgan fingerprint density at radius 2 is 2.00 bits per heavy atom. The van der Waals surface area contributed by atoms with Crippen molar-refractivity contribution >= 4 is 17.6 Å². The number of amidine groups is 1. The summed E-state index contributed by atoms with van der Waals surface area (Å²) >= 11 is 1.81. The van der Waals surface area contributed by atoms with Crippen LogP contribution in [-0.4, -0.2) is 16.6 Å². The fraction of sp³-hybridized carbons (Fsp3) is 0.600. The minimum atomic E-state index is -0.164. The molecule has 0 aliphatic heterocycles. The molecule has 0 saturated carbocycles. The Labute approximate surface area is 120 Å². The van der Waals surface area contributed by atoms with Gasteiger partial charge in [0.25, 0.3) is 0 Å². The quantitative estimate of drug-likeness (QED) is 0.344. The van der Waals surface area contributed by atoms with Crippen LogP contribution in [0.4, 0.5) is 0 Å². The molecule has 19 heavy (non-hydrogen) atoms. The Morgan fingerprint density at radius 1 is 1.32 bits per heavy atom. The largest absolute Gasteiger partial charge is 0.387 e. The molecule has 4 heteroatoms. The highest BCUT2D eigenvalue weighted by atomic mass is 32.2. The van der Waals surface area contributed by atoms with Gasteiger partial charge in [0.2, 0.25) is 0 Å². The molecule has 1 aromatic rings. The van der Waals surface area contributed by atoms with Crippen LogP contribution in [0.25, 0.3) is 0 Å². The van der Waals surface area contributed by atoms with E-state index in [2.05, 4.69) is 24.0 Å². The van der Waals surface area contributed by atoms with Crippen LogP contribution in [0.5, 0.6) is 0 Å². The predicted molar refractivity (Wildman–Crippen MR) is 84.0 cm³/mol. The molecule has 3 nitrogen and oxygen atoms in total. The van der Waals surface area contributed by atoms with Gasteiger partial charge in [-0.15, -0.1) is 11.8 Å². The van der Waals surface area contributed by atoms with Gasteiger partial charge in [0, 0.05) is 11.1 Å². The SMILES string of the molecule is Cc1cc(C)nc(SCCCCC(C)(C)C(=N)N)c1. The first-order valence-electron chi connectivity index (χ1n) is 6.74. The monoisotopic (exact) mass is 279 g/mol. The van der Waals surface area contributed by atoms with Gasteiger partial charge in [0.1, 0.15) is 0 Å². The molecule has 1 rings (SSSR count). The number of unbranched alkanes of at least 4 members (excludes halogenated alkanes) is 1. The van der Waals surface area contributed by atoms with E-state index in [0.29, 0.717) is 0 Å². The van der Waals surface area contributed by atoms with Crippen molar-refractivity contribution in [3.8, 4) is 0 Å². The standard InChI is InChI=1S/C15H25N3S/c1-11-9-12(2)18-13(10-11)19-8-6-5-7-15(3,4)14(16)17/h9-10H,5-8H2,1-4H3,(H3,16,17). The van der Waals surface area contributed by atoms with E-state index in [-0.39, 0.29) is 11.3 Å². The van der Waals surface area contributed by atoms with E-state index in [9.17, 15) is 0 Å². The molecule has 0 aliphatic rings. The summed E-state index contributed by atoms with van der Waals surface area (Å²) in [4.78, 5) is 4.52. The number of nitrogens with zero attached hydrogens (tertiary/aromatic N) is 1. The third-order valence-electron chi connectivity index (χ3n) is 3.25. The third-order valence-corrected chi connectivity index (χ3v) is 4.25. The molecule has 0 aromatic carbocycles. The highest BCUT2D eigenvalue weighted by Gasteiger charge is 2.20. The van der Waals surface area contributed by atoms with E-state index in [0.717, 1.165) is 35.7 Å². The number of nitrogens with one attached hydrogen (secondary N) is 1.